The number of carbonyl (C=O) groups is 2. The number of hydrogen-bond acceptors (Lipinski definition) is 5. The van der Waals surface area contributed by atoms with Gasteiger partial charge in [-0.15, -0.1) is 12.4 Å². The second kappa shape index (κ2) is 13.3. The Kier molecular flexibility index (Phi) is 10.5. The smallest absolute Gasteiger partial charge is 0.258 e. The molecule has 0 radical (unpaired) electrons. The zero-order valence-electron chi connectivity index (χ0n) is 19.3. The van der Waals surface area contributed by atoms with Gasteiger partial charge in [-0.25, -0.2) is 4.39 Å². The predicted molar refractivity (Wildman–Crippen MR) is 138 cm³/mol. The van der Waals surface area contributed by atoms with Crippen LogP contribution >= 0.6 is 24.0 Å². The molecule has 0 aliphatic carbocycles. The third-order valence-electron chi connectivity index (χ3n) is 4.98. The van der Waals surface area contributed by atoms with Crippen LogP contribution in [-0.2, 0) is 17.9 Å². The molecule has 190 valence electrons. The van der Waals surface area contributed by atoms with E-state index in [2.05, 4.69) is 10.6 Å². The first-order valence-corrected chi connectivity index (χ1v) is 10.9. The highest BCUT2D eigenvalue weighted by Crippen LogP contribution is 2.23. The molecule has 3 aromatic rings. The fraction of sp³-hybridized carbons (Fsp3) is 0.160. The molecule has 0 unspecified atom stereocenters. The summed E-state index contributed by atoms with van der Waals surface area (Å²) in [6.45, 7) is -0.283. The van der Waals surface area contributed by atoms with Gasteiger partial charge in [0.2, 0.25) is 0 Å². The molecule has 0 aromatic heterocycles. The van der Waals surface area contributed by atoms with Gasteiger partial charge < -0.3 is 25.8 Å². The van der Waals surface area contributed by atoms with E-state index in [1.165, 1.54) is 25.3 Å². The summed E-state index contributed by atoms with van der Waals surface area (Å²) >= 11 is 6.04. The topological polar surface area (TPSA) is 127 Å². The zero-order chi connectivity index (χ0) is 25.4. The third kappa shape index (κ3) is 7.86. The van der Waals surface area contributed by atoms with Crippen molar-refractivity contribution in [2.45, 2.75) is 13.1 Å². The number of benzene rings is 3. The van der Waals surface area contributed by atoms with Gasteiger partial charge in [-0.2, -0.15) is 0 Å². The van der Waals surface area contributed by atoms with Crippen LogP contribution in [0.5, 0.6) is 11.5 Å². The Morgan fingerprint density at radius 1 is 1.00 bits per heavy atom. The van der Waals surface area contributed by atoms with Crippen molar-refractivity contribution in [2.75, 3.05) is 13.7 Å². The van der Waals surface area contributed by atoms with E-state index in [1.807, 2.05) is 0 Å². The number of nitrogen functional groups attached to an aromatic ring is 1. The maximum atomic E-state index is 13.7. The summed E-state index contributed by atoms with van der Waals surface area (Å²) in [6, 6.07) is 15.5. The highest BCUT2D eigenvalue weighted by Gasteiger charge is 2.13. The molecule has 0 aliphatic heterocycles. The molecule has 0 saturated carbocycles. The van der Waals surface area contributed by atoms with Gasteiger partial charge in [0.05, 0.1) is 7.11 Å². The van der Waals surface area contributed by atoms with Crippen LogP contribution < -0.4 is 25.8 Å². The van der Waals surface area contributed by atoms with Crippen LogP contribution in [0.3, 0.4) is 0 Å². The first-order chi connectivity index (χ1) is 16.8. The van der Waals surface area contributed by atoms with Crippen LogP contribution in [0.15, 0.2) is 60.7 Å². The van der Waals surface area contributed by atoms with Crippen LogP contribution in [0.2, 0.25) is 5.02 Å². The lowest BCUT2D eigenvalue weighted by Crippen LogP contribution is -2.29. The number of hydrogen-bond donors (Lipinski definition) is 4. The first kappa shape index (κ1) is 28.4. The van der Waals surface area contributed by atoms with Gasteiger partial charge in [-0.3, -0.25) is 15.0 Å². The van der Waals surface area contributed by atoms with Gasteiger partial charge in [0, 0.05) is 40.4 Å². The normalized spacial score (nSPS) is 10.1. The number of amides is 2. The molecule has 36 heavy (non-hydrogen) atoms. The number of rotatable bonds is 10. The molecule has 5 N–H and O–H groups in total. The van der Waals surface area contributed by atoms with E-state index >= 15 is 0 Å². The lowest BCUT2D eigenvalue weighted by Gasteiger charge is -2.14. The Balaban J connectivity index is 0.00000456. The minimum atomic E-state index is -0.470. The molecule has 3 aromatic carbocycles. The second-order valence-electron chi connectivity index (χ2n) is 7.46. The lowest BCUT2D eigenvalue weighted by molar-refractivity contribution is -0.123. The van der Waals surface area contributed by atoms with E-state index in [-0.39, 0.29) is 43.7 Å². The Morgan fingerprint density at radius 2 is 1.72 bits per heavy atom. The summed E-state index contributed by atoms with van der Waals surface area (Å²) in [6.07, 6.45) is 0. The Labute approximate surface area is 218 Å². The first-order valence-electron chi connectivity index (χ1n) is 10.5. The largest absolute Gasteiger partial charge is 0.497 e. The van der Waals surface area contributed by atoms with Gasteiger partial charge in [0.1, 0.15) is 23.2 Å². The molecule has 0 fully saturated rings. The van der Waals surface area contributed by atoms with E-state index in [9.17, 15) is 14.0 Å². The number of halogens is 3. The van der Waals surface area contributed by atoms with Crippen LogP contribution in [0.4, 0.5) is 4.39 Å². The fourth-order valence-electron chi connectivity index (χ4n) is 3.12. The molecule has 0 saturated heterocycles. The van der Waals surface area contributed by atoms with Crippen LogP contribution in [0.1, 0.15) is 27.0 Å². The summed E-state index contributed by atoms with van der Waals surface area (Å²) in [4.78, 5) is 24.9. The molecule has 3 rings (SSSR count). The average molecular weight is 535 g/mol. The average Bonchev–Trinajstić information content (AvgIpc) is 2.85. The van der Waals surface area contributed by atoms with Gasteiger partial charge in [0.25, 0.3) is 11.8 Å². The minimum Gasteiger partial charge on any atom is -0.497 e. The molecule has 0 aliphatic rings. The van der Waals surface area contributed by atoms with Crippen LogP contribution in [-0.4, -0.2) is 31.4 Å². The summed E-state index contributed by atoms with van der Waals surface area (Å²) in [7, 11) is 1.47. The number of methoxy groups -OCH3 is 1. The van der Waals surface area contributed by atoms with Crippen LogP contribution in [0, 0.1) is 11.2 Å². The molecule has 11 heteroatoms. The van der Waals surface area contributed by atoms with E-state index in [4.69, 9.17) is 32.2 Å². The van der Waals surface area contributed by atoms with Crippen molar-refractivity contribution in [3.05, 3.63) is 93.8 Å². The summed E-state index contributed by atoms with van der Waals surface area (Å²) in [5, 5.41) is 13.4. The predicted octanol–water partition coefficient (Wildman–Crippen LogP) is 3.82. The van der Waals surface area contributed by atoms with Crippen molar-refractivity contribution in [2.24, 2.45) is 5.73 Å². The molecular formula is C25H25Cl2FN4O4. The van der Waals surface area contributed by atoms with E-state index in [0.29, 0.717) is 33.0 Å². The highest BCUT2D eigenvalue weighted by molar-refractivity contribution is 6.31. The Bertz CT molecular complexity index is 1260. The van der Waals surface area contributed by atoms with Gasteiger partial charge >= 0.3 is 0 Å². The number of amidine groups is 1. The second-order valence-corrected chi connectivity index (χ2v) is 7.89. The monoisotopic (exact) mass is 534 g/mol. The van der Waals surface area contributed by atoms with Crippen molar-refractivity contribution in [1.82, 2.24) is 10.6 Å². The van der Waals surface area contributed by atoms with Crippen molar-refractivity contribution in [3.8, 4) is 11.5 Å². The molecule has 0 bridgehead atoms. The SMILES string of the molecule is COc1cc(Cl)cc(C(=O)NCc2ccc(C(=N)N)cc2OCC(=O)NCc2ccccc2F)c1.Cl. The van der Waals surface area contributed by atoms with E-state index in [0.717, 1.165) is 0 Å². The maximum absolute atomic E-state index is 13.7. The Morgan fingerprint density at radius 3 is 2.42 bits per heavy atom. The highest BCUT2D eigenvalue weighted by atomic mass is 35.5. The maximum Gasteiger partial charge on any atom is 0.258 e. The standard InChI is InChI=1S/C25H24ClFN4O4.ClH/c1-34-20-9-18(8-19(26)11-20)25(33)31-13-17-7-6-15(24(28)29)10-22(17)35-14-23(32)30-12-16-4-2-3-5-21(16)27;/h2-11H,12-14H2,1H3,(H3,28,29)(H,30,32)(H,31,33);1H. The van der Waals surface area contributed by atoms with E-state index in [1.54, 1.807) is 42.5 Å². The summed E-state index contributed by atoms with van der Waals surface area (Å²) in [5.41, 5.74) is 7.18. The van der Waals surface area contributed by atoms with Crippen molar-refractivity contribution in [1.29, 1.82) is 5.41 Å². The molecule has 0 spiro atoms. The summed E-state index contributed by atoms with van der Waals surface area (Å²) in [5.74, 6) is -0.752. The van der Waals surface area contributed by atoms with Crippen LogP contribution in [0.25, 0.3) is 0 Å². The zero-order valence-corrected chi connectivity index (χ0v) is 20.8. The van der Waals surface area contributed by atoms with E-state index < -0.39 is 17.6 Å². The fourth-order valence-corrected chi connectivity index (χ4v) is 3.35. The van der Waals surface area contributed by atoms with Gasteiger partial charge in [-0.05, 0) is 30.3 Å². The molecule has 0 atom stereocenters. The minimum absolute atomic E-state index is 0. The van der Waals surface area contributed by atoms with Gasteiger partial charge in [-0.1, -0.05) is 41.9 Å². The molecular weight excluding hydrogens is 510 g/mol. The third-order valence-corrected chi connectivity index (χ3v) is 5.20. The van der Waals surface area contributed by atoms with Crippen molar-refractivity contribution in [3.63, 3.8) is 0 Å². The summed E-state index contributed by atoms with van der Waals surface area (Å²) < 4.78 is 24.5. The number of nitrogens with one attached hydrogen (secondary N) is 3. The van der Waals surface area contributed by atoms with Crippen molar-refractivity contribution < 1.29 is 23.5 Å². The molecule has 2 amide bonds. The molecule has 0 heterocycles. The molecule has 8 nitrogen and oxygen atoms in total. The number of carbonyl (C=O) groups excluding carboxylic acids is 2. The lowest BCUT2D eigenvalue weighted by atomic mass is 10.1. The number of ether oxygens (including phenoxy) is 2. The number of nitrogens with two attached hydrogens (primary N) is 1. The quantitative estimate of drug-likeness (QED) is 0.232. The van der Waals surface area contributed by atoms with Crippen molar-refractivity contribution >= 4 is 41.7 Å². The van der Waals surface area contributed by atoms with Gasteiger partial charge in [0.15, 0.2) is 6.61 Å². The Hall–Kier alpha value is -3.82.